The predicted molar refractivity (Wildman–Crippen MR) is 144 cm³/mol. The zero-order valence-corrected chi connectivity index (χ0v) is 21.7. The second-order valence-electron chi connectivity index (χ2n) is 8.69. The van der Waals surface area contributed by atoms with Gasteiger partial charge in [-0.05, 0) is 42.5 Å². The largest absolute Gasteiger partial charge is 0.353 e. The van der Waals surface area contributed by atoms with Gasteiger partial charge in [0.1, 0.15) is 0 Å². The number of piperidine rings is 1. The summed E-state index contributed by atoms with van der Waals surface area (Å²) in [5.74, 6) is -2.73. The molecule has 0 aromatic heterocycles. The van der Waals surface area contributed by atoms with Gasteiger partial charge in [0.2, 0.25) is 17.7 Å². The fourth-order valence-electron chi connectivity index (χ4n) is 4.46. The molecule has 3 amide bonds. The van der Waals surface area contributed by atoms with Crippen LogP contribution in [0.15, 0.2) is 82.6 Å². The van der Waals surface area contributed by atoms with E-state index < -0.39 is 30.2 Å². The molecular weight excluding hydrogens is 533 g/mol. The Morgan fingerprint density at radius 1 is 0.919 bits per heavy atom. The lowest BCUT2D eigenvalue weighted by Gasteiger charge is -2.43. The predicted octanol–water partition coefficient (Wildman–Crippen LogP) is 4.28. The average Bonchev–Trinajstić information content (AvgIpc) is 2.84. The Hall–Kier alpha value is -3.24. The van der Waals surface area contributed by atoms with Crippen LogP contribution in [0.25, 0.3) is 0 Å². The number of carbonyl (C=O) groups is 3. The van der Waals surface area contributed by atoms with Crippen LogP contribution in [0.2, 0.25) is 10.0 Å². The maximum absolute atomic E-state index is 13.4. The molecule has 8 nitrogen and oxygen atoms in total. The molecule has 0 spiro atoms. The molecule has 5 N–H and O–H groups in total. The van der Waals surface area contributed by atoms with Gasteiger partial charge in [-0.25, -0.2) is 0 Å². The number of carbonyl (C=O) groups excluding carboxylic acids is 3. The molecule has 3 aromatic carbocycles. The minimum atomic E-state index is -0.859. The lowest BCUT2D eigenvalue weighted by atomic mass is 9.81. The van der Waals surface area contributed by atoms with Crippen LogP contribution in [0.4, 0.5) is 11.4 Å². The first kappa shape index (κ1) is 25.4. The fourth-order valence-corrected chi connectivity index (χ4v) is 5.91. The summed E-state index contributed by atoms with van der Waals surface area (Å²) in [7, 11) is 0. The van der Waals surface area contributed by atoms with Gasteiger partial charge in [0.25, 0.3) is 0 Å². The third kappa shape index (κ3) is 6.02. The molecule has 0 radical (unpaired) electrons. The third-order valence-corrected chi connectivity index (χ3v) is 7.60. The minimum Gasteiger partial charge on any atom is -0.353 e. The van der Waals surface area contributed by atoms with Crippen molar-refractivity contribution in [1.82, 2.24) is 16.0 Å². The number of rotatable bonds is 6. The number of anilines is 2. The van der Waals surface area contributed by atoms with Crippen LogP contribution < -0.4 is 26.6 Å². The summed E-state index contributed by atoms with van der Waals surface area (Å²) in [5, 5.41) is 15.7. The van der Waals surface area contributed by atoms with E-state index >= 15 is 0 Å². The average molecular weight is 556 g/mol. The molecule has 11 heteroatoms. The highest BCUT2D eigenvalue weighted by Gasteiger charge is 2.48. The molecule has 5 rings (SSSR count). The maximum Gasteiger partial charge on any atom is 0.229 e. The van der Waals surface area contributed by atoms with E-state index in [9.17, 15) is 14.4 Å². The monoisotopic (exact) mass is 555 g/mol. The van der Waals surface area contributed by atoms with Crippen molar-refractivity contribution in [2.24, 2.45) is 11.8 Å². The lowest BCUT2D eigenvalue weighted by molar-refractivity contribution is -0.144. The molecule has 37 heavy (non-hydrogen) atoms. The Morgan fingerprint density at radius 2 is 1.62 bits per heavy atom. The van der Waals surface area contributed by atoms with Crippen LogP contribution >= 0.6 is 35.0 Å². The smallest absolute Gasteiger partial charge is 0.229 e. The van der Waals surface area contributed by atoms with E-state index in [1.807, 2.05) is 48.5 Å². The first-order valence-electron chi connectivity index (χ1n) is 11.6. The number of hydrogen-bond acceptors (Lipinski definition) is 6. The van der Waals surface area contributed by atoms with Crippen molar-refractivity contribution in [1.29, 1.82) is 0 Å². The molecule has 2 fully saturated rings. The van der Waals surface area contributed by atoms with Gasteiger partial charge in [0, 0.05) is 31.9 Å². The zero-order valence-electron chi connectivity index (χ0n) is 19.3. The van der Waals surface area contributed by atoms with E-state index in [1.54, 1.807) is 24.3 Å². The first-order valence-corrected chi connectivity index (χ1v) is 13.1. The summed E-state index contributed by atoms with van der Waals surface area (Å²) in [6.07, 6.45) is -1.56. The zero-order chi connectivity index (χ0) is 25.9. The molecule has 4 atom stereocenters. The molecule has 190 valence electrons. The van der Waals surface area contributed by atoms with Gasteiger partial charge in [0.15, 0.2) is 6.29 Å². The Balaban J connectivity index is 1.31. The molecule has 2 saturated heterocycles. The molecule has 2 heterocycles. The van der Waals surface area contributed by atoms with E-state index in [1.165, 1.54) is 11.8 Å². The van der Waals surface area contributed by atoms with Crippen LogP contribution in [0.5, 0.6) is 0 Å². The van der Waals surface area contributed by atoms with Crippen LogP contribution in [0.3, 0.4) is 0 Å². The second-order valence-corrected chi connectivity index (χ2v) is 10.7. The minimum absolute atomic E-state index is 0.0991. The van der Waals surface area contributed by atoms with Crippen molar-refractivity contribution in [3.8, 4) is 0 Å². The van der Waals surface area contributed by atoms with Crippen molar-refractivity contribution < 1.29 is 14.4 Å². The maximum atomic E-state index is 13.4. The Morgan fingerprint density at radius 3 is 2.38 bits per heavy atom. The van der Waals surface area contributed by atoms with E-state index in [-0.39, 0.29) is 18.2 Å². The van der Waals surface area contributed by atoms with Crippen LogP contribution in [0.1, 0.15) is 6.42 Å². The van der Waals surface area contributed by atoms with Gasteiger partial charge < -0.3 is 21.3 Å². The summed E-state index contributed by atoms with van der Waals surface area (Å²) >= 11 is 13.7. The highest BCUT2D eigenvalue weighted by Crippen LogP contribution is 2.35. The molecule has 4 unspecified atom stereocenters. The molecule has 0 aliphatic carbocycles. The first-order chi connectivity index (χ1) is 17.9. The summed E-state index contributed by atoms with van der Waals surface area (Å²) in [4.78, 5) is 41.0. The summed E-state index contributed by atoms with van der Waals surface area (Å²) in [5.41, 5.74) is 1.20. The third-order valence-electron chi connectivity index (χ3n) is 6.08. The number of amides is 3. The van der Waals surface area contributed by atoms with Gasteiger partial charge >= 0.3 is 0 Å². The van der Waals surface area contributed by atoms with Crippen molar-refractivity contribution in [3.63, 3.8) is 0 Å². The molecular formula is C26H23Cl2N5O3S. The summed E-state index contributed by atoms with van der Waals surface area (Å²) in [6.45, 7) is 0. The molecule has 2 aliphatic rings. The fraction of sp³-hybridized carbons (Fsp3) is 0.192. The van der Waals surface area contributed by atoms with E-state index in [0.29, 0.717) is 21.4 Å². The molecule has 0 saturated carbocycles. The van der Waals surface area contributed by atoms with Crippen molar-refractivity contribution in [3.05, 3.63) is 82.8 Å². The molecule has 3 aromatic rings. The highest BCUT2D eigenvalue weighted by molar-refractivity contribution is 7.99. The quantitative estimate of drug-likeness (QED) is 0.310. The van der Waals surface area contributed by atoms with E-state index in [4.69, 9.17) is 23.2 Å². The highest BCUT2D eigenvalue weighted by atomic mass is 35.5. The van der Waals surface area contributed by atoms with Gasteiger partial charge in [-0.15, -0.1) is 0 Å². The number of fused-ring (bicyclic) bond motifs is 1. The topological polar surface area (TPSA) is 111 Å². The second kappa shape index (κ2) is 11.0. The van der Waals surface area contributed by atoms with Crippen LogP contribution in [-0.2, 0) is 14.4 Å². The molecule has 0 bridgehead atoms. The SMILES string of the molecule is O=C1CC(C(=O)Nc2ccccc2Sc2ccccc2)C2C(=O)NC(Nc3cc(Cl)cc(Cl)c3)NC2N1. The standard InChI is InChI=1S/C26H23Cl2N5O3S/c27-14-10-15(28)12-16(11-14)29-26-32-23-22(25(36)33-26)18(13-21(34)31-23)24(35)30-19-8-4-5-9-20(19)37-17-6-2-1-3-7-17/h1-12,18,22-23,26,29,32H,13H2,(H,30,35)(H,31,34)(H,33,36). The van der Waals surface area contributed by atoms with Gasteiger partial charge in [0.05, 0.1) is 23.7 Å². The normalized spacial score (nSPS) is 22.9. The number of nitrogens with one attached hydrogen (secondary N) is 5. The Labute approximate surface area is 227 Å². The Bertz CT molecular complexity index is 1320. The van der Waals surface area contributed by atoms with E-state index in [0.717, 1.165) is 9.79 Å². The Kier molecular flexibility index (Phi) is 7.57. The number of benzene rings is 3. The van der Waals surface area contributed by atoms with Gasteiger partial charge in [-0.3, -0.25) is 19.7 Å². The van der Waals surface area contributed by atoms with Gasteiger partial charge in [-0.1, -0.05) is 65.3 Å². The van der Waals surface area contributed by atoms with Crippen molar-refractivity contribution >= 4 is 64.1 Å². The number of halogens is 2. The van der Waals surface area contributed by atoms with E-state index in [2.05, 4.69) is 26.6 Å². The summed E-state index contributed by atoms with van der Waals surface area (Å²) in [6, 6.07) is 22.2. The number of para-hydroxylation sites is 1. The van der Waals surface area contributed by atoms with Crippen LogP contribution in [0, 0.1) is 11.8 Å². The van der Waals surface area contributed by atoms with Crippen molar-refractivity contribution in [2.75, 3.05) is 10.6 Å². The molecule has 2 aliphatic heterocycles. The summed E-state index contributed by atoms with van der Waals surface area (Å²) < 4.78 is 0. The van der Waals surface area contributed by atoms with Crippen LogP contribution in [-0.4, -0.2) is 30.2 Å². The number of hydrogen-bond donors (Lipinski definition) is 5. The lowest BCUT2D eigenvalue weighted by Crippen LogP contribution is -2.72. The van der Waals surface area contributed by atoms with Crippen molar-refractivity contribution in [2.45, 2.75) is 28.7 Å². The van der Waals surface area contributed by atoms with Gasteiger partial charge in [-0.2, -0.15) is 0 Å².